The maximum absolute atomic E-state index is 10.4. The topological polar surface area (TPSA) is 69.1 Å². The number of alkyl halides is 1. The molecule has 0 heterocycles. The van der Waals surface area contributed by atoms with Crippen molar-refractivity contribution >= 4 is 17.5 Å². The minimum atomic E-state index is -0.436. The van der Waals surface area contributed by atoms with Crippen LogP contribution in [0.15, 0.2) is 11.3 Å². The Morgan fingerprint density at radius 2 is 1.73 bits per heavy atom. The van der Waals surface area contributed by atoms with Crippen molar-refractivity contribution in [2.24, 2.45) is 11.5 Å². The number of nitrogens with two attached hydrogens (primary N) is 2. The zero-order valence-corrected chi connectivity index (χ0v) is 7.90. The molecule has 4 heteroatoms. The standard InChI is InChI=1S/C6H12N2O.CH3Cl/c1-3-5(7)4(2)6(8)9;1-2/h3,7H2,1-2H3,(H2,8,9);1H3/b5-4+;. The average molecular weight is 179 g/mol. The Hall–Kier alpha value is -0.700. The number of allylic oxidation sites excluding steroid dienone is 1. The van der Waals surface area contributed by atoms with Crippen molar-refractivity contribution in [1.82, 2.24) is 0 Å². The zero-order chi connectivity index (χ0) is 9.44. The van der Waals surface area contributed by atoms with Gasteiger partial charge in [-0.05, 0) is 13.3 Å². The molecule has 0 aromatic carbocycles. The molecule has 0 unspecified atom stereocenters. The van der Waals surface area contributed by atoms with Gasteiger partial charge in [-0.1, -0.05) is 6.92 Å². The van der Waals surface area contributed by atoms with Crippen molar-refractivity contribution in [2.45, 2.75) is 20.3 Å². The van der Waals surface area contributed by atoms with E-state index in [-0.39, 0.29) is 0 Å². The van der Waals surface area contributed by atoms with Gasteiger partial charge in [0.2, 0.25) is 5.91 Å². The highest BCUT2D eigenvalue weighted by Gasteiger charge is 2.00. The van der Waals surface area contributed by atoms with E-state index in [0.717, 1.165) is 0 Å². The molecule has 0 aromatic rings. The molecule has 1 amide bonds. The van der Waals surface area contributed by atoms with Crippen LogP contribution in [0.2, 0.25) is 0 Å². The fourth-order valence-electron chi connectivity index (χ4n) is 0.423. The van der Waals surface area contributed by atoms with E-state index in [0.29, 0.717) is 17.7 Å². The molecule has 4 N–H and O–H groups in total. The van der Waals surface area contributed by atoms with Crippen molar-refractivity contribution in [2.75, 3.05) is 6.38 Å². The van der Waals surface area contributed by atoms with Gasteiger partial charge in [-0.15, -0.1) is 11.6 Å². The number of primary amides is 1. The number of rotatable bonds is 2. The summed E-state index contributed by atoms with van der Waals surface area (Å²) < 4.78 is 0. The normalized spacial score (nSPS) is 10.9. The molecule has 0 aromatic heterocycles. The van der Waals surface area contributed by atoms with Crippen LogP contribution in [0.3, 0.4) is 0 Å². The first-order valence-electron chi connectivity index (χ1n) is 3.22. The molecule has 66 valence electrons. The van der Waals surface area contributed by atoms with E-state index < -0.39 is 5.91 Å². The summed E-state index contributed by atoms with van der Waals surface area (Å²) in [7, 11) is 0. The first-order chi connectivity index (χ1) is 5.09. The molecule has 0 saturated heterocycles. The Balaban J connectivity index is 0. The van der Waals surface area contributed by atoms with Crippen LogP contribution in [0, 0.1) is 0 Å². The van der Waals surface area contributed by atoms with Gasteiger partial charge < -0.3 is 11.5 Å². The van der Waals surface area contributed by atoms with E-state index >= 15 is 0 Å². The molecule has 0 atom stereocenters. The van der Waals surface area contributed by atoms with E-state index in [4.69, 9.17) is 11.5 Å². The largest absolute Gasteiger partial charge is 0.402 e. The summed E-state index contributed by atoms with van der Waals surface area (Å²) in [6, 6.07) is 0. The van der Waals surface area contributed by atoms with Crippen LogP contribution >= 0.6 is 11.6 Å². The van der Waals surface area contributed by atoms with Gasteiger partial charge in [0.1, 0.15) is 0 Å². The molecular formula is C7H15ClN2O. The molecule has 0 aliphatic rings. The lowest BCUT2D eigenvalue weighted by Gasteiger charge is -1.98. The minimum Gasteiger partial charge on any atom is -0.402 e. The lowest BCUT2D eigenvalue weighted by Crippen LogP contribution is -2.16. The molecule has 0 aliphatic heterocycles. The second-order valence-corrected chi connectivity index (χ2v) is 1.87. The maximum atomic E-state index is 10.4. The van der Waals surface area contributed by atoms with Gasteiger partial charge in [0.25, 0.3) is 0 Å². The van der Waals surface area contributed by atoms with Crippen molar-refractivity contribution in [3.8, 4) is 0 Å². The number of hydrogen-bond acceptors (Lipinski definition) is 2. The summed E-state index contributed by atoms with van der Waals surface area (Å²) in [6.45, 7) is 3.50. The third-order valence-corrected chi connectivity index (χ3v) is 1.23. The molecule has 0 fully saturated rings. The fourth-order valence-corrected chi connectivity index (χ4v) is 0.423. The van der Waals surface area contributed by atoms with Crippen LogP contribution in [-0.4, -0.2) is 12.3 Å². The van der Waals surface area contributed by atoms with E-state index in [1.165, 1.54) is 6.38 Å². The van der Waals surface area contributed by atoms with Gasteiger partial charge in [-0.2, -0.15) is 0 Å². The molecule has 0 radical (unpaired) electrons. The summed E-state index contributed by atoms with van der Waals surface area (Å²) in [5, 5.41) is 0. The highest BCUT2D eigenvalue weighted by atomic mass is 35.5. The van der Waals surface area contributed by atoms with E-state index in [2.05, 4.69) is 11.6 Å². The zero-order valence-electron chi connectivity index (χ0n) is 7.15. The van der Waals surface area contributed by atoms with E-state index in [1.54, 1.807) is 6.92 Å². The van der Waals surface area contributed by atoms with Crippen LogP contribution in [0.25, 0.3) is 0 Å². The molecule has 11 heavy (non-hydrogen) atoms. The van der Waals surface area contributed by atoms with Gasteiger partial charge in [-0.3, -0.25) is 4.79 Å². The second-order valence-electron chi connectivity index (χ2n) is 1.87. The maximum Gasteiger partial charge on any atom is 0.246 e. The third kappa shape index (κ3) is 5.73. The molecule has 0 saturated carbocycles. The Labute approximate surface area is 72.4 Å². The highest BCUT2D eigenvalue weighted by molar-refractivity contribution is 6.15. The smallest absolute Gasteiger partial charge is 0.246 e. The molecule has 0 bridgehead atoms. The van der Waals surface area contributed by atoms with Crippen molar-refractivity contribution in [3.63, 3.8) is 0 Å². The van der Waals surface area contributed by atoms with Crippen molar-refractivity contribution in [3.05, 3.63) is 11.3 Å². The Morgan fingerprint density at radius 1 is 1.36 bits per heavy atom. The summed E-state index contributed by atoms with van der Waals surface area (Å²) in [5.41, 5.74) is 11.4. The summed E-state index contributed by atoms with van der Waals surface area (Å²) in [6.07, 6.45) is 2.15. The molecular weight excluding hydrogens is 164 g/mol. The van der Waals surface area contributed by atoms with Crippen LogP contribution in [0.4, 0.5) is 0 Å². The molecule has 0 spiro atoms. The monoisotopic (exact) mass is 178 g/mol. The van der Waals surface area contributed by atoms with Gasteiger partial charge >= 0.3 is 0 Å². The van der Waals surface area contributed by atoms with Crippen molar-refractivity contribution in [1.29, 1.82) is 0 Å². The number of amides is 1. The van der Waals surface area contributed by atoms with E-state index in [1.807, 2.05) is 6.92 Å². The lowest BCUT2D eigenvalue weighted by atomic mass is 10.2. The first-order valence-corrected chi connectivity index (χ1v) is 3.98. The van der Waals surface area contributed by atoms with Gasteiger partial charge in [0.05, 0.1) is 0 Å². The molecule has 0 rings (SSSR count). The van der Waals surface area contributed by atoms with Crippen LogP contribution in [0.1, 0.15) is 20.3 Å². The van der Waals surface area contributed by atoms with Gasteiger partial charge in [0, 0.05) is 17.7 Å². The Kier molecular flexibility index (Phi) is 8.71. The summed E-state index contributed by atoms with van der Waals surface area (Å²) >= 11 is 4.64. The first kappa shape index (κ1) is 12.9. The highest BCUT2D eigenvalue weighted by Crippen LogP contribution is 1.99. The van der Waals surface area contributed by atoms with Crippen LogP contribution in [-0.2, 0) is 4.79 Å². The lowest BCUT2D eigenvalue weighted by molar-refractivity contribution is -0.114. The third-order valence-electron chi connectivity index (χ3n) is 1.23. The second kappa shape index (κ2) is 7.41. The summed E-state index contributed by atoms with van der Waals surface area (Å²) in [4.78, 5) is 10.4. The Bertz CT molecular complexity index is 155. The number of carbonyl (C=O) groups is 1. The predicted molar refractivity (Wildman–Crippen MR) is 48.1 cm³/mol. The van der Waals surface area contributed by atoms with Gasteiger partial charge in [-0.25, -0.2) is 0 Å². The number of halogens is 1. The SMILES string of the molecule is CC/C(N)=C(/C)C(N)=O.CCl. The van der Waals surface area contributed by atoms with Crippen LogP contribution < -0.4 is 11.5 Å². The van der Waals surface area contributed by atoms with Crippen LogP contribution in [0.5, 0.6) is 0 Å². The average Bonchev–Trinajstić information content (AvgIpc) is 2.05. The fraction of sp³-hybridized carbons (Fsp3) is 0.571. The molecule has 3 nitrogen and oxygen atoms in total. The van der Waals surface area contributed by atoms with Crippen molar-refractivity contribution < 1.29 is 4.79 Å². The predicted octanol–water partition coefficient (Wildman–Crippen LogP) is 0.969. The summed E-state index contributed by atoms with van der Waals surface area (Å²) in [5.74, 6) is -0.436. The minimum absolute atomic E-state index is 0.436. The quantitative estimate of drug-likeness (QED) is 0.489. The Morgan fingerprint density at radius 3 is 1.82 bits per heavy atom. The molecule has 0 aliphatic carbocycles. The number of carbonyl (C=O) groups excluding carboxylic acids is 1. The van der Waals surface area contributed by atoms with Gasteiger partial charge in [0.15, 0.2) is 0 Å². The van der Waals surface area contributed by atoms with E-state index in [9.17, 15) is 4.79 Å². The number of hydrogen-bond donors (Lipinski definition) is 2.